The molecular weight excluding hydrogens is 304 g/mol. The van der Waals surface area contributed by atoms with E-state index in [4.69, 9.17) is 9.57 Å². The van der Waals surface area contributed by atoms with Crippen molar-refractivity contribution >= 4 is 10.9 Å². The molecule has 0 aliphatic carbocycles. The van der Waals surface area contributed by atoms with E-state index >= 15 is 0 Å². The van der Waals surface area contributed by atoms with E-state index in [9.17, 15) is 4.79 Å². The average molecular weight is 324 g/mol. The highest BCUT2D eigenvalue weighted by molar-refractivity contribution is 5.79. The number of aryl methyl sites for hydroxylation is 2. The quantitative estimate of drug-likeness (QED) is 0.740. The summed E-state index contributed by atoms with van der Waals surface area (Å²) in [7, 11) is 1.65. The first-order valence-electron chi connectivity index (χ1n) is 7.87. The van der Waals surface area contributed by atoms with Gasteiger partial charge in [-0.05, 0) is 56.2 Å². The number of benzene rings is 2. The molecule has 3 rings (SSSR count). The van der Waals surface area contributed by atoms with Crippen molar-refractivity contribution in [2.75, 3.05) is 13.7 Å². The number of hydrogen-bond donors (Lipinski definition) is 0. The van der Waals surface area contributed by atoms with Crippen molar-refractivity contribution in [2.24, 2.45) is 0 Å². The fourth-order valence-corrected chi connectivity index (χ4v) is 2.95. The fourth-order valence-electron chi connectivity index (χ4n) is 2.95. The minimum Gasteiger partial charge on any atom is -0.496 e. The predicted octanol–water partition coefficient (Wildman–Crippen LogP) is 3.14. The van der Waals surface area contributed by atoms with Crippen LogP contribution in [0.25, 0.3) is 22.3 Å². The van der Waals surface area contributed by atoms with Crippen molar-refractivity contribution in [1.29, 1.82) is 0 Å². The van der Waals surface area contributed by atoms with Crippen molar-refractivity contribution in [2.45, 2.75) is 20.8 Å². The fraction of sp³-hybridized carbons (Fsp3) is 0.263. The van der Waals surface area contributed by atoms with Gasteiger partial charge in [0, 0.05) is 5.56 Å². The third-order valence-electron chi connectivity index (χ3n) is 3.92. The Morgan fingerprint density at radius 2 is 1.79 bits per heavy atom. The molecule has 0 aliphatic heterocycles. The molecular formula is C19H20N2O3. The number of ether oxygens (including phenoxy) is 1. The summed E-state index contributed by atoms with van der Waals surface area (Å²) in [5.74, 6) is 1.33. The Balaban J connectivity index is 2.33. The number of rotatable bonds is 4. The lowest BCUT2D eigenvalue weighted by atomic mass is 10.0. The smallest absolute Gasteiger partial charge is 0.294 e. The van der Waals surface area contributed by atoms with E-state index in [0.29, 0.717) is 23.3 Å². The largest absolute Gasteiger partial charge is 0.496 e. The topological polar surface area (TPSA) is 53.4 Å². The zero-order valence-corrected chi connectivity index (χ0v) is 14.3. The Kier molecular flexibility index (Phi) is 4.25. The van der Waals surface area contributed by atoms with Gasteiger partial charge in [-0.2, -0.15) is 0 Å². The molecule has 2 aromatic carbocycles. The highest BCUT2D eigenvalue weighted by atomic mass is 16.7. The maximum absolute atomic E-state index is 12.8. The second kappa shape index (κ2) is 6.35. The van der Waals surface area contributed by atoms with E-state index in [-0.39, 0.29) is 5.56 Å². The lowest BCUT2D eigenvalue weighted by Gasteiger charge is -2.15. The van der Waals surface area contributed by atoms with Gasteiger partial charge in [-0.15, -0.1) is 4.73 Å². The summed E-state index contributed by atoms with van der Waals surface area (Å²) in [6.45, 7) is 6.16. The second-order valence-corrected chi connectivity index (χ2v) is 5.61. The Bertz CT molecular complexity index is 937. The van der Waals surface area contributed by atoms with Gasteiger partial charge in [0.05, 0.1) is 18.0 Å². The van der Waals surface area contributed by atoms with Crippen molar-refractivity contribution in [1.82, 2.24) is 9.71 Å². The highest BCUT2D eigenvalue weighted by Crippen LogP contribution is 2.29. The Labute approximate surface area is 140 Å². The molecule has 0 bridgehead atoms. The lowest BCUT2D eigenvalue weighted by Crippen LogP contribution is -2.29. The van der Waals surface area contributed by atoms with Crippen LogP contribution in [0.3, 0.4) is 0 Å². The molecule has 0 radical (unpaired) electrons. The van der Waals surface area contributed by atoms with Gasteiger partial charge in [-0.25, -0.2) is 4.98 Å². The minimum absolute atomic E-state index is 0.205. The SMILES string of the molecule is CCOn1c(-c2cc(C)c(OC)c(C)c2)nc2ccccc2c1=O. The number of aromatic nitrogens is 2. The maximum Gasteiger partial charge on any atom is 0.294 e. The number of nitrogens with zero attached hydrogens (tertiary/aromatic N) is 2. The molecule has 124 valence electrons. The molecule has 1 aromatic heterocycles. The van der Waals surface area contributed by atoms with Crippen molar-refractivity contribution < 1.29 is 9.57 Å². The van der Waals surface area contributed by atoms with Crippen molar-refractivity contribution in [3.05, 3.63) is 57.9 Å². The van der Waals surface area contributed by atoms with Crippen LogP contribution in [0, 0.1) is 13.8 Å². The first-order chi connectivity index (χ1) is 11.6. The monoisotopic (exact) mass is 324 g/mol. The average Bonchev–Trinajstić information content (AvgIpc) is 2.57. The third kappa shape index (κ3) is 2.62. The van der Waals surface area contributed by atoms with Gasteiger partial charge in [-0.1, -0.05) is 12.1 Å². The van der Waals surface area contributed by atoms with E-state index in [1.54, 1.807) is 13.2 Å². The van der Waals surface area contributed by atoms with Gasteiger partial charge in [-0.3, -0.25) is 4.79 Å². The molecule has 0 aliphatic rings. The Morgan fingerprint density at radius 1 is 1.12 bits per heavy atom. The maximum atomic E-state index is 12.8. The molecule has 3 aromatic rings. The third-order valence-corrected chi connectivity index (χ3v) is 3.92. The van der Waals surface area contributed by atoms with Crippen LogP contribution in [0.2, 0.25) is 0 Å². The van der Waals surface area contributed by atoms with Crippen LogP contribution in [0.1, 0.15) is 18.1 Å². The van der Waals surface area contributed by atoms with Gasteiger partial charge in [0.1, 0.15) is 12.4 Å². The van der Waals surface area contributed by atoms with Crippen LogP contribution in [-0.4, -0.2) is 23.4 Å². The van der Waals surface area contributed by atoms with E-state index in [0.717, 1.165) is 22.4 Å². The van der Waals surface area contributed by atoms with E-state index < -0.39 is 0 Å². The molecule has 24 heavy (non-hydrogen) atoms. The van der Waals surface area contributed by atoms with Crippen LogP contribution < -0.4 is 15.1 Å². The van der Waals surface area contributed by atoms with Crippen LogP contribution >= 0.6 is 0 Å². The van der Waals surface area contributed by atoms with Gasteiger partial charge >= 0.3 is 0 Å². The van der Waals surface area contributed by atoms with Gasteiger partial charge in [0.2, 0.25) is 0 Å². The Morgan fingerprint density at radius 3 is 2.42 bits per heavy atom. The van der Waals surface area contributed by atoms with E-state index in [2.05, 4.69) is 4.98 Å². The van der Waals surface area contributed by atoms with Gasteiger partial charge in [0.25, 0.3) is 5.56 Å². The summed E-state index contributed by atoms with van der Waals surface area (Å²) < 4.78 is 6.70. The highest BCUT2D eigenvalue weighted by Gasteiger charge is 2.16. The molecule has 5 nitrogen and oxygen atoms in total. The molecule has 0 saturated heterocycles. The lowest BCUT2D eigenvalue weighted by molar-refractivity contribution is 0.116. The molecule has 0 fully saturated rings. The van der Waals surface area contributed by atoms with E-state index in [1.165, 1.54) is 4.73 Å². The number of methoxy groups -OCH3 is 1. The number of para-hydroxylation sites is 1. The van der Waals surface area contributed by atoms with Crippen molar-refractivity contribution in [3.8, 4) is 17.1 Å². The summed E-state index contributed by atoms with van der Waals surface area (Å²) in [6.07, 6.45) is 0. The summed E-state index contributed by atoms with van der Waals surface area (Å²) in [5, 5.41) is 0.539. The summed E-state index contributed by atoms with van der Waals surface area (Å²) in [5.41, 5.74) is 3.24. The van der Waals surface area contributed by atoms with Crippen molar-refractivity contribution in [3.63, 3.8) is 0 Å². The molecule has 0 saturated carbocycles. The summed E-state index contributed by atoms with van der Waals surface area (Å²) in [6, 6.07) is 11.2. The first kappa shape index (κ1) is 16.1. The molecule has 0 N–H and O–H groups in total. The molecule has 0 atom stereocenters. The molecule has 1 heterocycles. The van der Waals surface area contributed by atoms with Crippen LogP contribution in [0.5, 0.6) is 5.75 Å². The first-order valence-corrected chi connectivity index (χ1v) is 7.87. The number of hydrogen-bond acceptors (Lipinski definition) is 4. The van der Waals surface area contributed by atoms with Gasteiger partial charge in [0.15, 0.2) is 5.82 Å². The Hall–Kier alpha value is -2.82. The molecule has 0 amide bonds. The molecule has 5 heteroatoms. The molecule has 0 spiro atoms. The zero-order chi connectivity index (χ0) is 17.3. The minimum atomic E-state index is -0.205. The molecule has 0 unspecified atom stereocenters. The zero-order valence-electron chi connectivity index (χ0n) is 14.3. The normalized spacial score (nSPS) is 10.8. The second-order valence-electron chi connectivity index (χ2n) is 5.61. The predicted molar refractivity (Wildman–Crippen MR) is 94.6 cm³/mol. The van der Waals surface area contributed by atoms with Crippen LogP contribution in [0.4, 0.5) is 0 Å². The standard InChI is InChI=1S/C19H20N2O3/c1-5-24-21-18(14-10-12(2)17(23-4)13(3)11-14)20-16-9-7-6-8-15(16)19(21)22/h6-11H,5H2,1-4H3. The van der Waals surface area contributed by atoms with Crippen LogP contribution in [0.15, 0.2) is 41.2 Å². The summed E-state index contributed by atoms with van der Waals surface area (Å²) >= 11 is 0. The number of fused-ring (bicyclic) bond motifs is 1. The van der Waals surface area contributed by atoms with Gasteiger partial charge < -0.3 is 9.57 Å². The summed E-state index contributed by atoms with van der Waals surface area (Å²) in [4.78, 5) is 23.0. The van der Waals surface area contributed by atoms with Crippen LogP contribution in [-0.2, 0) is 0 Å². The van der Waals surface area contributed by atoms with E-state index in [1.807, 2.05) is 51.1 Å².